The lowest BCUT2D eigenvalue weighted by Crippen LogP contribution is -2.55. The lowest BCUT2D eigenvalue weighted by Gasteiger charge is -2.37. The zero-order valence-electron chi connectivity index (χ0n) is 15.9. The van der Waals surface area contributed by atoms with E-state index in [0.29, 0.717) is 50.9 Å². The molecule has 2 fully saturated rings. The number of nitrogens with zero attached hydrogens (tertiary/aromatic N) is 4. The maximum atomic E-state index is 12.4. The molecule has 1 N–H and O–H groups in total. The Morgan fingerprint density at radius 1 is 1.29 bits per heavy atom. The lowest BCUT2D eigenvalue weighted by molar-refractivity contribution is -0.385. The number of piperazine rings is 1. The Bertz CT molecular complexity index is 716. The third-order valence-electron chi connectivity index (χ3n) is 4.93. The Hall–Kier alpha value is -1.95. The van der Waals surface area contributed by atoms with Gasteiger partial charge < -0.3 is 19.9 Å². The number of hydrogen-bond donors (Lipinski definition) is 1. The summed E-state index contributed by atoms with van der Waals surface area (Å²) in [5.41, 5.74) is 0.697. The third-order valence-corrected chi connectivity index (χ3v) is 4.93. The molecule has 0 spiro atoms. The second-order valence-electron chi connectivity index (χ2n) is 6.60. The molecule has 2 heterocycles. The molecule has 2 aliphatic heterocycles. The maximum absolute atomic E-state index is 12.4. The van der Waals surface area contributed by atoms with Crippen LogP contribution in [0.4, 0.5) is 5.69 Å². The van der Waals surface area contributed by atoms with E-state index in [1.165, 1.54) is 6.07 Å². The summed E-state index contributed by atoms with van der Waals surface area (Å²) in [4.78, 5) is 31.4. The average Bonchev–Trinajstić information content (AvgIpc) is 3.23. The maximum Gasteiger partial charge on any atom is 0.274 e. The minimum absolute atomic E-state index is 0. The fourth-order valence-electron chi connectivity index (χ4n) is 3.46. The number of benzene rings is 1. The number of nitro benzene ring substituents is 1. The van der Waals surface area contributed by atoms with Gasteiger partial charge in [-0.05, 0) is 12.8 Å². The van der Waals surface area contributed by atoms with E-state index < -0.39 is 0 Å². The van der Waals surface area contributed by atoms with Gasteiger partial charge in [0.05, 0.1) is 4.92 Å². The molecular weight excluding hydrogens is 477 g/mol. The first kappa shape index (κ1) is 22.3. The molecule has 9 nitrogen and oxygen atoms in total. The smallest absolute Gasteiger partial charge is 0.274 e. The van der Waals surface area contributed by atoms with Gasteiger partial charge >= 0.3 is 0 Å². The van der Waals surface area contributed by atoms with Gasteiger partial charge in [-0.2, -0.15) is 0 Å². The van der Waals surface area contributed by atoms with Gasteiger partial charge in [0, 0.05) is 58.0 Å². The number of para-hydroxylation sites is 1. The number of aliphatic imine (C=N–C) groups is 1. The first-order chi connectivity index (χ1) is 13.1. The molecule has 154 valence electrons. The fourth-order valence-corrected chi connectivity index (χ4v) is 3.46. The number of nitro groups is 1. The molecule has 10 heteroatoms. The standard InChI is InChI=1S/C18H25N5O4.HI/c1-19-18(20-13-14-5-2-3-6-15(14)23(25)26)22-10-8-21(9-11-22)17(24)16-7-4-12-27-16;/h2-3,5-6,16H,4,7-13H2,1H3,(H,19,20);1H. The van der Waals surface area contributed by atoms with E-state index in [-0.39, 0.29) is 46.6 Å². The topological polar surface area (TPSA) is 100 Å². The van der Waals surface area contributed by atoms with E-state index in [1.807, 2.05) is 4.90 Å². The predicted octanol–water partition coefficient (Wildman–Crippen LogP) is 1.61. The van der Waals surface area contributed by atoms with Gasteiger partial charge in [0.15, 0.2) is 5.96 Å². The van der Waals surface area contributed by atoms with Crippen LogP contribution in [0, 0.1) is 10.1 Å². The first-order valence-corrected chi connectivity index (χ1v) is 9.18. The number of ether oxygens (including phenoxy) is 1. The van der Waals surface area contributed by atoms with E-state index in [1.54, 1.807) is 25.2 Å². The molecular formula is C18H26IN5O4. The minimum atomic E-state index is -0.380. The first-order valence-electron chi connectivity index (χ1n) is 9.18. The van der Waals surface area contributed by atoms with Crippen molar-refractivity contribution >= 4 is 41.5 Å². The molecule has 1 unspecified atom stereocenters. The second-order valence-corrected chi connectivity index (χ2v) is 6.60. The summed E-state index contributed by atoms with van der Waals surface area (Å²) >= 11 is 0. The highest BCUT2D eigenvalue weighted by atomic mass is 127. The monoisotopic (exact) mass is 503 g/mol. The van der Waals surface area contributed by atoms with Crippen molar-refractivity contribution in [3.63, 3.8) is 0 Å². The van der Waals surface area contributed by atoms with E-state index in [4.69, 9.17) is 4.74 Å². The van der Waals surface area contributed by atoms with Gasteiger partial charge in [0.1, 0.15) is 6.10 Å². The highest BCUT2D eigenvalue weighted by Gasteiger charge is 2.31. The van der Waals surface area contributed by atoms with Crippen LogP contribution in [0.15, 0.2) is 29.3 Å². The Labute approximate surface area is 181 Å². The predicted molar refractivity (Wildman–Crippen MR) is 116 cm³/mol. The van der Waals surface area contributed by atoms with Crippen LogP contribution in [0.25, 0.3) is 0 Å². The van der Waals surface area contributed by atoms with Crippen molar-refractivity contribution in [3.8, 4) is 0 Å². The molecule has 0 aliphatic carbocycles. The van der Waals surface area contributed by atoms with Gasteiger partial charge in [-0.1, -0.05) is 18.2 Å². The van der Waals surface area contributed by atoms with Crippen molar-refractivity contribution in [2.24, 2.45) is 4.99 Å². The average molecular weight is 503 g/mol. The van der Waals surface area contributed by atoms with Crippen LogP contribution in [0.3, 0.4) is 0 Å². The van der Waals surface area contributed by atoms with Crippen LogP contribution in [-0.4, -0.2) is 72.5 Å². The Morgan fingerprint density at radius 3 is 2.57 bits per heavy atom. The van der Waals surface area contributed by atoms with Crippen LogP contribution in [0.1, 0.15) is 18.4 Å². The van der Waals surface area contributed by atoms with Crippen molar-refractivity contribution in [2.75, 3.05) is 39.8 Å². The number of rotatable bonds is 4. The molecule has 2 aliphatic rings. The molecule has 1 amide bonds. The quantitative estimate of drug-likeness (QED) is 0.220. The summed E-state index contributed by atoms with van der Waals surface area (Å²) in [6, 6.07) is 6.66. The fraction of sp³-hybridized carbons (Fsp3) is 0.556. The van der Waals surface area contributed by atoms with Gasteiger partial charge in [-0.25, -0.2) is 0 Å². The molecule has 1 aromatic rings. The van der Waals surface area contributed by atoms with Crippen molar-refractivity contribution in [2.45, 2.75) is 25.5 Å². The summed E-state index contributed by atoms with van der Waals surface area (Å²) in [7, 11) is 1.69. The van der Waals surface area contributed by atoms with Crippen molar-refractivity contribution in [3.05, 3.63) is 39.9 Å². The van der Waals surface area contributed by atoms with Crippen LogP contribution in [-0.2, 0) is 16.1 Å². The normalized spacial score (nSPS) is 19.9. The van der Waals surface area contributed by atoms with E-state index >= 15 is 0 Å². The molecule has 1 aromatic carbocycles. The van der Waals surface area contributed by atoms with Crippen LogP contribution >= 0.6 is 24.0 Å². The highest BCUT2D eigenvalue weighted by Crippen LogP contribution is 2.18. The van der Waals surface area contributed by atoms with Crippen LogP contribution in [0.5, 0.6) is 0 Å². The number of guanidine groups is 1. The highest BCUT2D eigenvalue weighted by molar-refractivity contribution is 14.0. The number of carbonyl (C=O) groups is 1. The van der Waals surface area contributed by atoms with E-state index in [2.05, 4.69) is 15.2 Å². The van der Waals surface area contributed by atoms with Gasteiger partial charge in [0.25, 0.3) is 11.6 Å². The number of halogens is 1. The molecule has 0 saturated carbocycles. The molecule has 0 radical (unpaired) electrons. The number of amides is 1. The van der Waals surface area contributed by atoms with E-state index in [9.17, 15) is 14.9 Å². The van der Waals surface area contributed by atoms with Crippen LogP contribution in [0.2, 0.25) is 0 Å². The molecule has 0 aromatic heterocycles. The summed E-state index contributed by atoms with van der Waals surface area (Å²) in [5.74, 6) is 0.757. The van der Waals surface area contributed by atoms with Crippen molar-refractivity contribution < 1.29 is 14.5 Å². The zero-order valence-corrected chi connectivity index (χ0v) is 18.2. The molecule has 2 saturated heterocycles. The van der Waals surface area contributed by atoms with Gasteiger partial charge in [0.2, 0.25) is 0 Å². The molecule has 28 heavy (non-hydrogen) atoms. The van der Waals surface area contributed by atoms with Crippen molar-refractivity contribution in [1.82, 2.24) is 15.1 Å². The van der Waals surface area contributed by atoms with E-state index in [0.717, 1.165) is 12.8 Å². The SMILES string of the molecule is CN=C(NCc1ccccc1[N+](=O)[O-])N1CCN(C(=O)C2CCCO2)CC1.I. The van der Waals surface area contributed by atoms with Crippen molar-refractivity contribution in [1.29, 1.82) is 0 Å². The number of hydrogen-bond acceptors (Lipinski definition) is 5. The second kappa shape index (κ2) is 10.6. The summed E-state index contributed by atoms with van der Waals surface area (Å²) < 4.78 is 5.49. The summed E-state index contributed by atoms with van der Waals surface area (Å²) in [5, 5.41) is 14.3. The number of nitrogens with one attached hydrogen (secondary N) is 1. The third kappa shape index (κ3) is 5.31. The Morgan fingerprint density at radius 2 is 1.96 bits per heavy atom. The van der Waals surface area contributed by atoms with Crippen LogP contribution < -0.4 is 5.32 Å². The summed E-state index contributed by atoms with van der Waals surface area (Å²) in [6.45, 7) is 3.54. The number of carbonyl (C=O) groups excluding carboxylic acids is 1. The lowest BCUT2D eigenvalue weighted by atomic mass is 10.2. The summed E-state index contributed by atoms with van der Waals surface area (Å²) in [6.07, 6.45) is 1.46. The molecule has 1 atom stereocenters. The van der Waals surface area contributed by atoms with Gasteiger partial charge in [-0.15, -0.1) is 24.0 Å². The molecule has 3 rings (SSSR count). The molecule has 0 bridgehead atoms. The minimum Gasteiger partial charge on any atom is -0.368 e. The Kier molecular flexibility index (Phi) is 8.42. The van der Waals surface area contributed by atoms with Gasteiger partial charge in [-0.3, -0.25) is 19.9 Å². The zero-order chi connectivity index (χ0) is 19.2. The Balaban J connectivity index is 0.00000280. The largest absolute Gasteiger partial charge is 0.368 e.